The third-order valence-electron chi connectivity index (χ3n) is 4.72. The minimum Gasteiger partial charge on any atom is -0.497 e. The Labute approximate surface area is 168 Å². The summed E-state index contributed by atoms with van der Waals surface area (Å²) in [4.78, 5) is 13.3. The van der Waals surface area contributed by atoms with Gasteiger partial charge in [0.25, 0.3) is 0 Å². The van der Waals surface area contributed by atoms with E-state index in [1.54, 1.807) is 7.11 Å². The van der Waals surface area contributed by atoms with Gasteiger partial charge < -0.3 is 14.7 Å². The quantitative estimate of drug-likeness (QED) is 0.740. The first-order valence-electron chi connectivity index (χ1n) is 8.74. The van der Waals surface area contributed by atoms with Gasteiger partial charge in [0.15, 0.2) is 0 Å². The summed E-state index contributed by atoms with van der Waals surface area (Å²) in [7, 11) is -2.35. The van der Waals surface area contributed by atoms with Crippen LogP contribution in [0.4, 0.5) is 5.69 Å². The molecule has 1 saturated heterocycles. The molecule has 0 bridgehead atoms. The molecule has 0 saturated carbocycles. The van der Waals surface area contributed by atoms with E-state index in [4.69, 9.17) is 16.3 Å². The maximum Gasteiger partial charge on any atom is 0.337 e. The highest BCUT2D eigenvalue weighted by atomic mass is 35.5. The van der Waals surface area contributed by atoms with Gasteiger partial charge >= 0.3 is 5.97 Å². The molecule has 1 aliphatic heterocycles. The molecule has 0 aliphatic carbocycles. The summed E-state index contributed by atoms with van der Waals surface area (Å²) >= 11 is 5.80. The molecule has 0 atom stereocenters. The van der Waals surface area contributed by atoms with Crippen LogP contribution in [0.25, 0.3) is 0 Å². The first kappa shape index (κ1) is 20.4. The van der Waals surface area contributed by atoms with Crippen molar-refractivity contribution in [1.29, 1.82) is 0 Å². The Morgan fingerprint density at radius 2 is 1.82 bits per heavy atom. The fraction of sp³-hybridized carbons (Fsp3) is 0.316. The molecule has 1 heterocycles. The summed E-state index contributed by atoms with van der Waals surface area (Å²) < 4.78 is 33.2. The first-order valence-corrected chi connectivity index (χ1v) is 10.6. The SMILES string of the molecule is COc1ccc(N2CCC(NS(=O)(=O)c3ccc(Cl)cc3C(=O)O)CC2)cc1. The van der Waals surface area contributed by atoms with Crippen LogP contribution in [-0.4, -0.2) is 45.7 Å². The van der Waals surface area contributed by atoms with Gasteiger partial charge in [-0.3, -0.25) is 0 Å². The monoisotopic (exact) mass is 424 g/mol. The standard InChI is InChI=1S/C19H21ClN2O5S/c1-27-16-5-3-15(4-6-16)22-10-8-14(9-11-22)21-28(25,26)18-7-2-13(20)12-17(18)19(23)24/h2-7,12,14,21H,8-11H2,1H3,(H,23,24). The molecule has 1 fully saturated rings. The number of piperidine rings is 1. The maximum atomic E-state index is 12.7. The molecular weight excluding hydrogens is 404 g/mol. The lowest BCUT2D eigenvalue weighted by Gasteiger charge is -2.34. The van der Waals surface area contributed by atoms with Gasteiger partial charge in [-0.25, -0.2) is 17.9 Å². The van der Waals surface area contributed by atoms with E-state index in [0.717, 1.165) is 17.5 Å². The Kier molecular flexibility index (Phi) is 6.12. The first-order chi connectivity index (χ1) is 13.3. The van der Waals surface area contributed by atoms with Gasteiger partial charge in [-0.1, -0.05) is 11.6 Å². The zero-order valence-corrected chi connectivity index (χ0v) is 16.8. The van der Waals surface area contributed by atoms with Gasteiger partial charge in [0.2, 0.25) is 10.0 Å². The number of ether oxygens (including phenoxy) is 1. The number of rotatable bonds is 6. The predicted octanol–water partition coefficient (Wildman–Crippen LogP) is 2.99. The number of carboxylic acid groups (broad SMARTS) is 1. The third-order valence-corrected chi connectivity index (χ3v) is 6.53. The lowest BCUT2D eigenvalue weighted by Crippen LogP contribution is -2.44. The van der Waals surface area contributed by atoms with Gasteiger partial charge in [-0.2, -0.15) is 0 Å². The number of hydrogen-bond acceptors (Lipinski definition) is 5. The Morgan fingerprint density at radius 1 is 1.18 bits per heavy atom. The van der Waals surface area contributed by atoms with Crippen molar-refractivity contribution in [3.05, 3.63) is 53.1 Å². The number of carbonyl (C=O) groups is 1. The van der Waals surface area contributed by atoms with E-state index in [2.05, 4.69) is 9.62 Å². The van der Waals surface area contributed by atoms with Crippen LogP contribution in [0.15, 0.2) is 47.4 Å². The minimum absolute atomic E-state index is 0.171. The number of carboxylic acids is 1. The molecule has 150 valence electrons. The molecular formula is C19H21ClN2O5S. The van der Waals surface area contributed by atoms with E-state index in [-0.39, 0.29) is 21.5 Å². The second-order valence-corrected chi connectivity index (χ2v) is 8.65. The lowest BCUT2D eigenvalue weighted by molar-refractivity contribution is 0.0692. The van der Waals surface area contributed by atoms with E-state index >= 15 is 0 Å². The molecule has 9 heteroatoms. The number of anilines is 1. The van der Waals surface area contributed by atoms with Crippen LogP contribution in [0, 0.1) is 0 Å². The summed E-state index contributed by atoms with van der Waals surface area (Å²) in [5.41, 5.74) is 0.712. The topological polar surface area (TPSA) is 95.9 Å². The fourth-order valence-electron chi connectivity index (χ4n) is 3.24. The molecule has 0 spiro atoms. The molecule has 0 radical (unpaired) electrons. The van der Waals surface area contributed by atoms with Crippen molar-refractivity contribution in [2.24, 2.45) is 0 Å². The molecule has 2 aromatic carbocycles. The summed E-state index contributed by atoms with van der Waals surface area (Å²) in [5.74, 6) is -0.555. The Balaban J connectivity index is 1.67. The highest BCUT2D eigenvalue weighted by molar-refractivity contribution is 7.89. The third kappa shape index (κ3) is 4.57. The number of methoxy groups -OCH3 is 1. The van der Waals surface area contributed by atoms with Gasteiger partial charge in [0.1, 0.15) is 5.75 Å². The maximum absolute atomic E-state index is 12.7. The van der Waals surface area contributed by atoms with Crippen molar-refractivity contribution < 1.29 is 23.1 Å². The summed E-state index contributed by atoms with van der Waals surface area (Å²) in [5, 5.41) is 9.46. The van der Waals surface area contributed by atoms with Crippen LogP contribution < -0.4 is 14.4 Å². The molecule has 0 amide bonds. The lowest BCUT2D eigenvalue weighted by atomic mass is 10.1. The van der Waals surface area contributed by atoms with E-state index < -0.39 is 16.0 Å². The molecule has 7 nitrogen and oxygen atoms in total. The van der Waals surface area contributed by atoms with E-state index in [0.29, 0.717) is 25.9 Å². The van der Waals surface area contributed by atoms with Crippen molar-refractivity contribution in [3.63, 3.8) is 0 Å². The predicted molar refractivity (Wildman–Crippen MR) is 107 cm³/mol. The van der Waals surface area contributed by atoms with Gasteiger partial charge in [-0.05, 0) is 55.3 Å². The van der Waals surface area contributed by atoms with Crippen molar-refractivity contribution in [2.75, 3.05) is 25.1 Å². The number of nitrogens with one attached hydrogen (secondary N) is 1. The molecule has 3 rings (SSSR count). The molecule has 1 aliphatic rings. The number of halogens is 1. The number of sulfonamides is 1. The minimum atomic E-state index is -3.97. The number of aromatic carboxylic acids is 1. The molecule has 0 aromatic heterocycles. The highest BCUT2D eigenvalue weighted by Crippen LogP contribution is 2.25. The van der Waals surface area contributed by atoms with Crippen LogP contribution in [0.3, 0.4) is 0 Å². The zero-order valence-electron chi connectivity index (χ0n) is 15.3. The van der Waals surface area contributed by atoms with Gasteiger partial charge in [0.05, 0.1) is 17.6 Å². The average molecular weight is 425 g/mol. The van der Waals surface area contributed by atoms with Crippen molar-refractivity contribution in [2.45, 2.75) is 23.8 Å². The van der Waals surface area contributed by atoms with Crippen LogP contribution in [0.5, 0.6) is 5.75 Å². The smallest absolute Gasteiger partial charge is 0.337 e. The summed E-state index contributed by atoms with van der Waals surface area (Å²) in [6.45, 7) is 1.37. The summed E-state index contributed by atoms with van der Waals surface area (Å²) in [6, 6.07) is 11.2. The number of nitrogens with zero attached hydrogens (tertiary/aromatic N) is 1. The largest absolute Gasteiger partial charge is 0.497 e. The fourth-order valence-corrected chi connectivity index (χ4v) is 4.89. The van der Waals surface area contributed by atoms with E-state index in [1.165, 1.54) is 12.1 Å². The molecule has 2 aromatic rings. The van der Waals surface area contributed by atoms with E-state index in [9.17, 15) is 18.3 Å². The van der Waals surface area contributed by atoms with Crippen LogP contribution in [-0.2, 0) is 10.0 Å². The molecule has 0 unspecified atom stereocenters. The second-order valence-electron chi connectivity index (χ2n) is 6.53. The molecule has 28 heavy (non-hydrogen) atoms. The Morgan fingerprint density at radius 3 is 2.39 bits per heavy atom. The Bertz CT molecular complexity index is 955. The normalized spacial score (nSPS) is 15.4. The number of benzene rings is 2. The van der Waals surface area contributed by atoms with E-state index in [1.807, 2.05) is 24.3 Å². The van der Waals surface area contributed by atoms with Crippen LogP contribution in [0.1, 0.15) is 23.2 Å². The molecule has 2 N–H and O–H groups in total. The summed E-state index contributed by atoms with van der Waals surface area (Å²) in [6.07, 6.45) is 1.22. The van der Waals surface area contributed by atoms with Crippen molar-refractivity contribution in [3.8, 4) is 5.75 Å². The van der Waals surface area contributed by atoms with Gasteiger partial charge in [0, 0.05) is 29.8 Å². The van der Waals surface area contributed by atoms with Crippen molar-refractivity contribution >= 4 is 33.3 Å². The number of hydrogen-bond donors (Lipinski definition) is 2. The Hall–Kier alpha value is -2.29. The van der Waals surface area contributed by atoms with Crippen LogP contribution >= 0.6 is 11.6 Å². The van der Waals surface area contributed by atoms with Crippen LogP contribution in [0.2, 0.25) is 5.02 Å². The van der Waals surface area contributed by atoms with Crippen molar-refractivity contribution in [1.82, 2.24) is 4.72 Å². The second kappa shape index (κ2) is 8.38. The average Bonchev–Trinajstić information content (AvgIpc) is 2.68. The van der Waals surface area contributed by atoms with Gasteiger partial charge in [-0.15, -0.1) is 0 Å². The zero-order chi connectivity index (χ0) is 20.3. The highest BCUT2D eigenvalue weighted by Gasteiger charge is 2.28.